The Bertz CT molecular complexity index is 573. The van der Waals surface area contributed by atoms with E-state index in [0.717, 1.165) is 44.3 Å². The zero-order chi connectivity index (χ0) is 18.3. The molecule has 1 aromatic rings. The van der Waals surface area contributed by atoms with E-state index >= 15 is 0 Å². The van der Waals surface area contributed by atoms with Crippen LogP contribution >= 0.6 is 0 Å². The average molecular weight is 359 g/mol. The van der Waals surface area contributed by atoms with Crippen molar-refractivity contribution in [3.63, 3.8) is 0 Å². The number of hydrogen-bond donors (Lipinski definition) is 1. The molecule has 0 amide bonds. The first-order valence-corrected chi connectivity index (χ1v) is 8.19. The molecule has 2 rings (SSSR count). The standard InChI is InChI=1S/C17H24F3N3O2/c1-21-16(23(2)11-13-6-8-24-12-13)22-7-9-25-15-5-3-4-14(10-15)17(18,19)20/h3-5,10,13H,6-9,11-12H2,1-2H3,(H,21,22). The highest BCUT2D eigenvalue weighted by Crippen LogP contribution is 2.31. The highest BCUT2D eigenvalue weighted by atomic mass is 19.4. The zero-order valence-corrected chi connectivity index (χ0v) is 14.5. The van der Waals surface area contributed by atoms with Crippen LogP contribution in [0.1, 0.15) is 12.0 Å². The van der Waals surface area contributed by atoms with E-state index in [9.17, 15) is 13.2 Å². The van der Waals surface area contributed by atoms with Crippen molar-refractivity contribution in [2.24, 2.45) is 10.9 Å². The Morgan fingerprint density at radius 2 is 2.24 bits per heavy atom. The minimum Gasteiger partial charge on any atom is -0.492 e. The maximum Gasteiger partial charge on any atom is 0.416 e. The lowest BCUT2D eigenvalue weighted by Crippen LogP contribution is -2.42. The van der Waals surface area contributed by atoms with E-state index in [2.05, 4.69) is 10.3 Å². The molecule has 0 bridgehead atoms. The van der Waals surface area contributed by atoms with Gasteiger partial charge in [-0.05, 0) is 24.6 Å². The molecule has 1 atom stereocenters. The number of nitrogens with zero attached hydrogens (tertiary/aromatic N) is 2. The SMILES string of the molecule is CN=C(NCCOc1cccc(C(F)(F)F)c1)N(C)CC1CCOC1. The summed E-state index contributed by atoms with van der Waals surface area (Å²) in [4.78, 5) is 6.22. The van der Waals surface area contributed by atoms with Crippen LogP contribution in [0.25, 0.3) is 0 Å². The molecule has 1 N–H and O–H groups in total. The molecular weight excluding hydrogens is 335 g/mol. The van der Waals surface area contributed by atoms with E-state index in [0.29, 0.717) is 12.5 Å². The third-order valence-electron chi connectivity index (χ3n) is 3.94. The van der Waals surface area contributed by atoms with Gasteiger partial charge < -0.3 is 19.7 Å². The molecule has 140 valence electrons. The lowest BCUT2D eigenvalue weighted by atomic mass is 10.1. The van der Waals surface area contributed by atoms with Gasteiger partial charge in [0.05, 0.1) is 18.7 Å². The number of hydrogen-bond acceptors (Lipinski definition) is 3. The van der Waals surface area contributed by atoms with Crippen molar-refractivity contribution in [1.29, 1.82) is 0 Å². The van der Waals surface area contributed by atoms with Crippen LogP contribution in [0.4, 0.5) is 13.2 Å². The lowest BCUT2D eigenvalue weighted by molar-refractivity contribution is -0.137. The lowest BCUT2D eigenvalue weighted by Gasteiger charge is -2.24. The minimum atomic E-state index is -4.37. The van der Waals surface area contributed by atoms with Crippen LogP contribution in [0.5, 0.6) is 5.75 Å². The van der Waals surface area contributed by atoms with E-state index < -0.39 is 11.7 Å². The van der Waals surface area contributed by atoms with Crippen LogP contribution in [-0.2, 0) is 10.9 Å². The Balaban J connectivity index is 1.75. The van der Waals surface area contributed by atoms with Crippen LogP contribution in [0, 0.1) is 5.92 Å². The van der Waals surface area contributed by atoms with Gasteiger partial charge in [-0.25, -0.2) is 0 Å². The fraction of sp³-hybridized carbons (Fsp3) is 0.588. The number of alkyl halides is 3. The van der Waals surface area contributed by atoms with Crippen molar-refractivity contribution in [1.82, 2.24) is 10.2 Å². The van der Waals surface area contributed by atoms with Crippen molar-refractivity contribution < 1.29 is 22.6 Å². The molecule has 0 aliphatic carbocycles. The summed E-state index contributed by atoms with van der Waals surface area (Å²) in [5, 5.41) is 3.15. The highest BCUT2D eigenvalue weighted by molar-refractivity contribution is 5.79. The number of guanidine groups is 1. The number of benzene rings is 1. The van der Waals surface area contributed by atoms with Crippen LogP contribution < -0.4 is 10.1 Å². The van der Waals surface area contributed by atoms with Gasteiger partial charge in [-0.3, -0.25) is 4.99 Å². The molecule has 1 unspecified atom stereocenters. The first-order chi connectivity index (χ1) is 11.9. The van der Waals surface area contributed by atoms with Crippen LogP contribution in [0.2, 0.25) is 0 Å². The smallest absolute Gasteiger partial charge is 0.416 e. The normalized spacial score (nSPS) is 18.3. The summed E-state index contributed by atoms with van der Waals surface area (Å²) in [5.41, 5.74) is -0.715. The molecule has 0 radical (unpaired) electrons. The first-order valence-electron chi connectivity index (χ1n) is 8.19. The van der Waals surface area contributed by atoms with Gasteiger partial charge >= 0.3 is 6.18 Å². The van der Waals surface area contributed by atoms with Crippen molar-refractivity contribution in [2.45, 2.75) is 12.6 Å². The van der Waals surface area contributed by atoms with Gasteiger partial charge in [-0.1, -0.05) is 6.07 Å². The second-order valence-corrected chi connectivity index (χ2v) is 5.96. The second-order valence-electron chi connectivity index (χ2n) is 5.96. The largest absolute Gasteiger partial charge is 0.492 e. The molecule has 1 aromatic carbocycles. The van der Waals surface area contributed by atoms with Gasteiger partial charge in [0.2, 0.25) is 0 Å². The maximum absolute atomic E-state index is 12.7. The van der Waals surface area contributed by atoms with Crippen molar-refractivity contribution in [3.05, 3.63) is 29.8 Å². The van der Waals surface area contributed by atoms with Gasteiger partial charge in [-0.15, -0.1) is 0 Å². The summed E-state index contributed by atoms with van der Waals surface area (Å²) in [6.07, 6.45) is -3.33. The third kappa shape index (κ3) is 6.12. The Morgan fingerprint density at radius 3 is 2.88 bits per heavy atom. The molecule has 1 saturated heterocycles. The van der Waals surface area contributed by atoms with Gasteiger partial charge in [0, 0.05) is 33.2 Å². The van der Waals surface area contributed by atoms with Crippen LogP contribution in [-0.4, -0.2) is 57.9 Å². The summed E-state index contributed by atoms with van der Waals surface area (Å²) in [7, 11) is 3.64. The summed E-state index contributed by atoms with van der Waals surface area (Å²) >= 11 is 0. The zero-order valence-electron chi connectivity index (χ0n) is 14.5. The average Bonchev–Trinajstić information content (AvgIpc) is 3.07. The molecule has 0 spiro atoms. The number of rotatable bonds is 6. The maximum atomic E-state index is 12.7. The van der Waals surface area contributed by atoms with Gasteiger partial charge in [0.15, 0.2) is 5.96 Å². The Kier molecular flexibility index (Phi) is 6.92. The molecule has 0 aromatic heterocycles. The quantitative estimate of drug-likeness (QED) is 0.482. The Morgan fingerprint density at radius 1 is 1.44 bits per heavy atom. The number of ether oxygens (including phenoxy) is 2. The van der Waals surface area contributed by atoms with E-state index in [1.54, 1.807) is 7.05 Å². The molecule has 1 heterocycles. The Labute approximate surface area is 145 Å². The fourth-order valence-electron chi connectivity index (χ4n) is 2.68. The summed E-state index contributed by atoms with van der Waals surface area (Å²) in [6.45, 7) is 3.08. The summed E-state index contributed by atoms with van der Waals surface area (Å²) < 4.78 is 48.8. The molecule has 1 fully saturated rings. The number of halogens is 3. The molecule has 1 aliphatic heterocycles. The number of nitrogens with one attached hydrogen (secondary N) is 1. The molecule has 0 saturated carbocycles. The van der Waals surface area contributed by atoms with Gasteiger partial charge in [0.1, 0.15) is 12.4 Å². The third-order valence-corrected chi connectivity index (χ3v) is 3.94. The monoisotopic (exact) mass is 359 g/mol. The Hall–Kier alpha value is -1.96. The van der Waals surface area contributed by atoms with Crippen LogP contribution in [0.3, 0.4) is 0 Å². The van der Waals surface area contributed by atoms with Gasteiger partial charge in [0.25, 0.3) is 0 Å². The predicted octanol–water partition coefficient (Wildman–Crippen LogP) is 2.63. The van der Waals surface area contributed by atoms with E-state index in [4.69, 9.17) is 9.47 Å². The minimum absolute atomic E-state index is 0.197. The topological polar surface area (TPSA) is 46.1 Å². The van der Waals surface area contributed by atoms with Crippen LogP contribution in [0.15, 0.2) is 29.3 Å². The summed E-state index contributed by atoms with van der Waals surface area (Å²) in [6, 6.07) is 4.87. The molecule has 5 nitrogen and oxygen atoms in total. The number of aliphatic imine (C=N–C) groups is 1. The summed E-state index contributed by atoms with van der Waals surface area (Å²) in [5.74, 6) is 1.41. The predicted molar refractivity (Wildman–Crippen MR) is 89.9 cm³/mol. The van der Waals surface area contributed by atoms with E-state index in [1.165, 1.54) is 12.1 Å². The molecular formula is C17H24F3N3O2. The van der Waals surface area contributed by atoms with Crippen molar-refractivity contribution in [3.8, 4) is 5.75 Å². The van der Waals surface area contributed by atoms with Crippen molar-refractivity contribution >= 4 is 5.96 Å². The van der Waals surface area contributed by atoms with E-state index in [-0.39, 0.29) is 12.4 Å². The van der Waals surface area contributed by atoms with E-state index in [1.807, 2.05) is 11.9 Å². The fourth-order valence-corrected chi connectivity index (χ4v) is 2.68. The molecule has 8 heteroatoms. The molecule has 1 aliphatic rings. The van der Waals surface area contributed by atoms with Gasteiger partial charge in [-0.2, -0.15) is 13.2 Å². The second kappa shape index (κ2) is 8.94. The highest BCUT2D eigenvalue weighted by Gasteiger charge is 2.30. The van der Waals surface area contributed by atoms with Crippen molar-refractivity contribution in [2.75, 3.05) is 47.0 Å². The molecule has 25 heavy (non-hydrogen) atoms. The first kappa shape index (κ1) is 19.4.